The van der Waals surface area contributed by atoms with Crippen LogP contribution in [0.3, 0.4) is 0 Å². The van der Waals surface area contributed by atoms with Crippen molar-refractivity contribution in [2.24, 2.45) is 18.2 Å². The summed E-state index contributed by atoms with van der Waals surface area (Å²) in [6.07, 6.45) is 9.56. The van der Waals surface area contributed by atoms with Gasteiger partial charge in [-0.2, -0.15) is 5.10 Å². The van der Waals surface area contributed by atoms with E-state index in [1.54, 1.807) is 42.1 Å². The van der Waals surface area contributed by atoms with Crippen LogP contribution in [0.4, 0.5) is 5.82 Å². The first kappa shape index (κ1) is 38.7. The summed E-state index contributed by atoms with van der Waals surface area (Å²) in [5.41, 5.74) is 15.6. The number of amides is 1. The minimum Gasteiger partial charge on any atom is -0.463 e. The average molecular weight is 813 g/mol. The summed E-state index contributed by atoms with van der Waals surface area (Å²) < 4.78 is 11.8. The van der Waals surface area contributed by atoms with Gasteiger partial charge < -0.3 is 26.1 Å². The van der Waals surface area contributed by atoms with Gasteiger partial charge in [0.1, 0.15) is 18.2 Å². The van der Waals surface area contributed by atoms with E-state index in [1.165, 1.54) is 21.6 Å². The first-order chi connectivity index (χ1) is 29.5. The van der Waals surface area contributed by atoms with Crippen LogP contribution in [0, 0.1) is 17.3 Å². The smallest absolute Gasteiger partial charge is 0.323 e. The zero-order chi connectivity index (χ0) is 42.4. The van der Waals surface area contributed by atoms with Gasteiger partial charge in [0.2, 0.25) is 0 Å². The molecule has 1 saturated carbocycles. The molecular weight excluding hydrogens is 773 g/mol. The molecule has 1 amide bonds. The van der Waals surface area contributed by atoms with Crippen LogP contribution < -0.4 is 22.3 Å². The van der Waals surface area contributed by atoms with Gasteiger partial charge in [0.25, 0.3) is 17.4 Å². The highest BCUT2D eigenvalue weighted by molar-refractivity contribution is 6.04. The van der Waals surface area contributed by atoms with Gasteiger partial charge in [-0.25, -0.2) is 14.2 Å². The number of rotatable bonds is 10. The van der Waals surface area contributed by atoms with Crippen LogP contribution in [0.15, 0.2) is 121 Å². The second-order valence-electron chi connectivity index (χ2n) is 15.4. The molecule has 15 heteroatoms. The number of ether oxygens (including phenoxy) is 1. The fraction of sp³-hybridized carbons (Fsp3) is 0.196. The molecule has 0 unspecified atom stereocenters. The number of nitrogens with one attached hydrogen (secondary N) is 1. The van der Waals surface area contributed by atoms with E-state index in [4.69, 9.17) is 16.2 Å². The predicted octanol–water partition coefficient (Wildman–Crippen LogP) is 4.73. The molecule has 9 rings (SSSR count). The maximum absolute atomic E-state index is 14.6. The van der Waals surface area contributed by atoms with Gasteiger partial charge in [0.15, 0.2) is 11.5 Å². The molecule has 0 spiro atoms. The maximum Gasteiger partial charge on any atom is 0.323 e. The number of anilines is 1. The Hall–Kier alpha value is -7.83. The van der Waals surface area contributed by atoms with E-state index in [9.17, 15) is 19.2 Å². The van der Waals surface area contributed by atoms with E-state index in [-0.39, 0.29) is 29.5 Å². The number of benzene rings is 3. The summed E-state index contributed by atoms with van der Waals surface area (Å²) >= 11 is 0. The lowest BCUT2D eigenvalue weighted by atomic mass is 10.0. The number of fused-ring (bicyclic) bond motifs is 3. The number of esters is 1. The van der Waals surface area contributed by atoms with Gasteiger partial charge in [-0.3, -0.25) is 23.7 Å². The Kier molecular flexibility index (Phi) is 9.77. The van der Waals surface area contributed by atoms with Crippen LogP contribution >= 0.6 is 0 Å². The van der Waals surface area contributed by atoms with Crippen LogP contribution in [-0.4, -0.2) is 63.9 Å². The average Bonchev–Trinajstić information content (AvgIpc) is 3.60. The number of carbonyl (C=O) groups excluding carboxylic acids is 3. The van der Waals surface area contributed by atoms with E-state index in [0.717, 1.165) is 16.5 Å². The summed E-state index contributed by atoms with van der Waals surface area (Å²) in [6.45, 7) is 1.68. The normalized spacial score (nSPS) is 14.0. The quantitative estimate of drug-likeness (QED) is 0.128. The highest BCUT2D eigenvalue weighted by Gasteiger charge is 2.52. The van der Waals surface area contributed by atoms with Gasteiger partial charge in [-0.05, 0) is 67.1 Å². The summed E-state index contributed by atoms with van der Waals surface area (Å²) in [6, 6.07) is 24.4. The summed E-state index contributed by atoms with van der Waals surface area (Å²) in [5.74, 6) is 4.86. The van der Waals surface area contributed by atoms with E-state index >= 15 is 0 Å². The SMILES string of the molecule is C[C@H](NC(=O)c1c(N)nn2cccnc12)c1cc2cccc(C#Cc3cnn(C(=O)C4(COC(=O)[C@H](N)Cc5cn(C)c6ccccc56)CC4)c3)c2c(=O)n1-c1ccccc1. The molecule has 3 aromatic carbocycles. The fourth-order valence-electron chi connectivity index (χ4n) is 7.79. The molecule has 8 aromatic rings. The first-order valence-electron chi connectivity index (χ1n) is 19.7. The second-order valence-corrected chi connectivity index (χ2v) is 15.4. The van der Waals surface area contributed by atoms with Gasteiger partial charge in [0.05, 0.1) is 28.6 Å². The lowest BCUT2D eigenvalue weighted by Gasteiger charge is -2.21. The van der Waals surface area contributed by atoms with E-state index in [2.05, 4.69) is 32.3 Å². The summed E-state index contributed by atoms with van der Waals surface area (Å²) in [4.78, 5) is 59.1. The number of carbonyl (C=O) groups is 3. The number of nitrogens with zero attached hydrogens (tertiary/aromatic N) is 7. The third-order valence-corrected chi connectivity index (χ3v) is 11.2. The Balaban J connectivity index is 0.939. The van der Waals surface area contributed by atoms with Crippen LogP contribution in [-0.2, 0) is 23.0 Å². The molecule has 15 nitrogen and oxygen atoms in total. The van der Waals surface area contributed by atoms with Crippen molar-refractivity contribution < 1.29 is 19.1 Å². The number of para-hydroxylation sites is 2. The minimum absolute atomic E-state index is 0.0301. The van der Waals surface area contributed by atoms with Crippen LogP contribution in [0.1, 0.15) is 63.3 Å². The van der Waals surface area contributed by atoms with Crippen LogP contribution in [0.25, 0.3) is 33.0 Å². The Labute approximate surface area is 348 Å². The van der Waals surface area contributed by atoms with Crippen molar-refractivity contribution in [1.29, 1.82) is 0 Å². The molecule has 1 fully saturated rings. The number of pyridine rings is 1. The van der Waals surface area contributed by atoms with Crippen molar-refractivity contribution in [2.45, 2.75) is 38.3 Å². The summed E-state index contributed by atoms with van der Waals surface area (Å²) in [5, 5.41) is 13.5. The molecule has 1 aliphatic rings. The van der Waals surface area contributed by atoms with Gasteiger partial charge >= 0.3 is 5.97 Å². The summed E-state index contributed by atoms with van der Waals surface area (Å²) in [7, 11) is 1.95. The topological polar surface area (TPSA) is 199 Å². The number of hydrogen-bond acceptors (Lipinski definition) is 10. The van der Waals surface area contributed by atoms with Crippen molar-refractivity contribution in [3.8, 4) is 17.5 Å². The highest BCUT2D eigenvalue weighted by Crippen LogP contribution is 2.47. The zero-order valence-electron chi connectivity index (χ0n) is 33.3. The third-order valence-electron chi connectivity index (χ3n) is 11.2. The van der Waals surface area contributed by atoms with E-state index in [1.807, 2.05) is 84.5 Å². The monoisotopic (exact) mass is 812 g/mol. The number of nitrogen functional groups attached to an aromatic ring is 1. The van der Waals surface area contributed by atoms with Crippen molar-refractivity contribution in [2.75, 3.05) is 12.3 Å². The largest absolute Gasteiger partial charge is 0.463 e. The van der Waals surface area contributed by atoms with Crippen molar-refractivity contribution in [3.05, 3.63) is 154 Å². The molecule has 5 heterocycles. The number of hydrogen-bond donors (Lipinski definition) is 3. The Morgan fingerprint density at radius 1 is 0.984 bits per heavy atom. The molecule has 0 aliphatic heterocycles. The molecule has 2 atom stereocenters. The molecule has 5 aromatic heterocycles. The van der Waals surface area contributed by atoms with Crippen molar-refractivity contribution in [3.63, 3.8) is 0 Å². The molecule has 0 saturated heterocycles. The lowest BCUT2D eigenvalue weighted by Crippen LogP contribution is -2.37. The number of nitrogens with two attached hydrogens (primary N) is 2. The first-order valence-corrected chi connectivity index (χ1v) is 19.7. The zero-order valence-corrected chi connectivity index (χ0v) is 33.3. The maximum atomic E-state index is 14.6. The number of aromatic nitrogens is 7. The van der Waals surface area contributed by atoms with E-state index in [0.29, 0.717) is 58.2 Å². The fourth-order valence-corrected chi connectivity index (χ4v) is 7.79. The predicted molar refractivity (Wildman–Crippen MR) is 229 cm³/mol. The van der Waals surface area contributed by atoms with Crippen LogP contribution in [0.2, 0.25) is 0 Å². The molecule has 304 valence electrons. The van der Waals surface area contributed by atoms with Crippen molar-refractivity contribution >= 4 is 50.9 Å². The Bertz CT molecular complexity index is 3160. The molecule has 1 aliphatic carbocycles. The molecule has 0 radical (unpaired) electrons. The lowest BCUT2D eigenvalue weighted by molar-refractivity contribution is -0.146. The third kappa shape index (κ3) is 7.19. The Morgan fingerprint density at radius 2 is 1.77 bits per heavy atom. The Morgan fingerprint density at radius 3 is 2.57 bits per heavy atom. The van der Waals surface area contributed by atoms with Crippen LogP contribution in [0.5, 0.6) is 0 Å². The van der Waals surface area contributed by atoms with E-state index < -0.39 is 29.4 Å². The molecular formula is C46H40N10O5. The minimum atomic E-state index is -0.895. The molecule has 0 bridgehead atoms. The molecule has 61 heavy (non-hydrogen) atoms. The van der Waals surface area contributed by atoms with Crippen molar-refractivity contribution in [1.82, 2.24) is 38.8 Å². The number of aryl methyl sites for hydroxylation is 1. The van der Waals surface area contributed by atoms with Gasteiger partial charge in [0, 0.05) is 66.1 Å². The van der Waals surface area contributed by atoms with Gasteiger partial charge in [-0.1, -0.05) is 60.4 Å². The highest BCUT2D eigenvalue weighted by atomic mass is 16.5. The second kappa shape index (κ2) is 15.4. The molecule has 5 N–H and O–H groups in total. The standard InChI is InChI=1S/C46H40N10O5/c1-28(51-42(57)39-40(48)52-54-21-9-20-49-41(39)54)37-23-31-11-8-10-30(38(31)43(58)56(37)33-12-4-3-5-13-33)17-16-29-24-50-55(25-29)45(60)46(18-19-46)27-61-44(59)35(47)22-32-26-53(2)36-15-7-6-14-34(32)36/h3-15,20-21,23-26,28,35H,18-19,22,27,47H2,1-2H3,(H2,48,52)(H,51,57)/t28-,35+/m0/s1. The van der Waals surface area contributed by atoms with Gasteiger partial charge in [-0.15, -0.1) is 5.10 Å².